The summed E-state index contributed by atoms with van der Waals surface area (Å²) in [7, 11) is 0. The normalized spacial score (nSPS) is 16.2. The van der Waals surface area contributed by atoms with Crippen molar-refractivity contribution in [2.75, 3.05) is 6.54 Å². The summed E-state index contributed by atoms with van der Waals surface area (Å²) < 4.78 is 6.35. The Kier molecular flexibility index (Phi) is 4.76. The highest BCUT2D eigenvalue weighted by Crippen LogP contribution is 2.31. The fourth-order valence-electron chi connectivity index (χ4n) is 3.22. The van der Waals surface area contributed by atoms with E-state index in [1.807, 2.05) is 0 Å². The predicted molar refractivity (Wildman–Crippen MR) is 88.8 cm³/mol. The minimum Gasteiger partial charge on any atom is -0.490 e. The Hall–Kier alpha value is -1.54. The van der Waals surface area contributed by atoms with Crippen LogP contribution in [0.3, 0.4) is 0 Å². The van der Waals surface area contributed by atoms with E-state index in [4.69, 9.17) is 4.74 Å². The van der Waals surface area contributed by atoms with Gasteiger partial charge < -0.3 is 10.1 Å². The maximum atomic E-state index is 6.35. The largest absolute Gasteiger partial charge is 0.490 e. The first-order valence-electron chi connectivity index (χ1n) is 8.26. The van der Waals surface area contributed by atoms with Crippen molar-refractivity contribution >= 4 is 10.8 Å². The molecule has 1 aliphatic rings. The highest BCUT2D eigenvalue weighted by atomic mass is 16.5. The fraction of sp³-hybridized carbons (Fsp3) is 0.474. The Morgan fingerprint density at radius 1 is 1.05 bits per heavy atom. The maximum Gasteiger partial charge on any atom is 0.124 e. The number of rotatable bonds is 5. The molecule has 21 heavy (non-hydrogen) atoms. The number of hydrogen-bond donors (Lipinski definition) is 1. The fourth-order valence-corrected chi connectivity index (χ4v) is 3.22. The van der Waals surface area contributed by atoms with E-state index in [1.54, 1.807) is 0 Å². The SMILES string of the molecule is CCNCc1c(OC2CCCCC2)ccc2ccccc12. The Morgan fingerprint density at radius 3 is 2.67 bits per heavy atom. The van der Waals surface area contributed by atoms with Crippen LogP contribution in [0.15, 0.2) is 36.4 Å². The van der Waals surface area contributed by atoms with E-state index >= 15 is 0 Å². The molecule has 0 aromatic heterocycles. The van der Waals surface area contributed by atoms with Gasteiger partial charge in [-0.1, -0.05) is 43.7 Å². The lowest BCUT2D eigenvalue weighted by Gasteiger charge is -2.25. The van der Waals surface area contributed by atoms with Gasteiger partial charge >= 0.3 is 0 Å². The van der Waals surface area contributed by atoms with Crippen LogP contribution in [0.25, 0.3) is 10.8 Å². The minimum absolute atomic E-state index is 0.403. The van der Waals surface area contributed by atoms with Gasteiger partial charge in [-0.2, -0.15) is 0 Å². The Morgan fingerprint density at radius 2 is 1.86 bits per heavy atom. The van der Waals surface area contributed by atoms with E-state index in [2.05, 4.69) is 48.6 Å². The number of benzene rings is 2. The first kappa shape index (κ1) is 14.4. The second-order valence-corrected chi connectivity index (χ2v) is 5.92. The lowest BCUT2D eigenvalue weighted by Crippen LogP contribution is -2.21. The lowest BCUT2D eigenvalue weighted by atomic mass is 9.97. The third-order valence-electron chi connectivity index (χ3n) is 4.40. The van der Waals surface area contributed by atoms with Crippen molar-refractivity contribution in [2.45, 2.75) is 51.7 Å². The van der Waals surface area contributed by atoms with Gasteiger partial charge in [-0.25, -0.2) is 0 Å². The average Bonchev–Trinajstić information content (AvgIpc) is 2.55. The molecule has 0 saturated heterocycles. The molecule has 2 nitrogen and oxygen atoms in total. The summed E-state index contributed by atoms with van der Waals surface area (Å²) in [6.07, 6.45) is 6.78. The third-order valence-corrected chi connectivity index (χ3v) is 4.40. The molecule has 0 amide bonds. The van der Waals surface area contributed by atoms with Crippen LogP contribution < -0.4 is 10.1 Å². The van der Waals surface area contributed by atoms with Gasteiger partial charge in [0.2, 0.25) is 0 Å². The van der Waals surface area contributed by atoms with Crippen LogP contribution in [0.2, 0.25) is 0 Å². The van der Waals surface area contributed by atoms with E-state index in [1.165, 1.54) is 48.4 Å². The first-order valence-corrected chi connectivity index (χ1v) is 8.26. The van der Waals surface area contributed by atoms with E-state index in [-0.39, 0.29) is 0 Å². The summed E-state index contributed by atoms with van der Waals surface area (Å²) >= 11 is 0. The first-order chi connectivity index (χ1) is 10.4. The summed E-state index contributed by atoms with van der Waals surface area (Å²) in [6, 6.07) is 12.9. The average molecular weight is 283 g/mol. The molecule has 2 aromatic carbocycles. The van der Waals surface area contributed by atoms with Crippen molar-refractivity contribution < 1.29 is 4.74 Å². The zero-order valence-corrected chi connectivity index (χ0v) is 12.9. The second kappa shape index (κ2) is 6.95. The molecule has 3 rings (SSSR count). The summed E-state index contributed by atoms with van der Waals surface area (Å²) in [5.41, 5.74) is 1.31. The molecule has 0 bridgehead atoms. The number of ether oxygens (including phenoxy) is 1. The second-order valence-electron chi connectivity index (χ2n) is 5.92. The maximum absolute atomic E-state index is 6.35. The molecule has 1 saturated carbocycles. The van der Waals surface area contributed by atoms with Crippen LogP contribution in [-0.4, -0.2) is 12.6 Å². The van der Waals surface area contributed by atoms with Gasteiger partial charge in [0.05, 0.1) is 6.10 Å². The van der Waals surface area contributed by atoms with Gasteiger partial charge in [-0.05, 0) is 49.1 Å². The van der Waals surface area contributed by atoms with Crippen LogP contribution in [0.1, 0.15) is 44.6 Å². The molecule has 0 atom stereocenters. The van der Waals surface area contributed by atoms with Crippen molar-refractivity contribution in [3.63, 3.8) is 0 Å². The molecule has 0 radical (unpaired) electrons. The van der Waals surface area contributed by atoms with Crippen LogP contribution in [0.5, 0.6) is 5.75 Å². The topological polar surface area (TPSA) is 21.3 Å². The van der Waals surface area contributed by atoms with Crippen molar-refractivity contribution in [3.05, 3.63) is 42.0 Å². The highest BCUT2D eigenvalue weighted by Gasteiger charge is 2.17. The molecule has 112 valence electrons. The zero-order valence-electron chi connectivity index (χ0n) is 12.9. The highest BCUT2D eigenvalue weighted by molar-refractivity contribution is 5.87. The molecule has 1 aliphatic carbocycles. The Balaban J connectivity index is 1.91. The Bertz CT molecular complexity index is 587. The van der Waals surface area contributed by atoms with Crippen LogP contribution in [0.4, 0.5) is 0 Å². The number of nitrogens with one attached hydrogen (secondary N) is 1. The molecule has 2 aromatic rings. The van der Waals surface area contributed by atoms with Crippen molar-refractivity contribution in [1.29, 1.82) is 0 Å². The number of hydrogen-bond acceptors (Lipinski definition) is 2. The van der Waals surface area contributed by atoms with Gasteiger partial charge in [0.1, 0.15) is 5.75 Å². The van der Waals surface area contributed by atoms with Crippen molar-refractivity contribution in [2.24, 2.45) is 0 Å². The molecule has 0 heterocycles. The molecular formula is C19H25NO. The van der Waals surface area contributed by atoms with E-state index in [0.717, 1.165) is 18.8 Å². The molecule has 0 unspecified atom stereocenters. The molecular weight excluding hydrogens is 258 g/mol. The minimum atomic E-state index is 0.403. The van der Waals surface area contributed by atoms with Crippen molar-refractivity contribution in [1.82, 2.24) is 5.32 Å². The Labute approximate surface area is 127 Å². The van der Waals surface area contributed by atoms with Gasteiger partial charge in [0.15, 0.2) is 0 Å². The van der Waals surface area contributed by atoms with Crippen LogP contribution in [0, 0.1) is 0 Å². The molecule has 0 spiro atoms. The summed E-state index contributed by atoms with van der Waals surface area (Å²) in [6.45, 7) is 4.00. The van der Waals surface area contributed by atoms with E-state index in [9.17, 15) is 0 Å². The van der Waals surface area contributed by atoms with Gasteiger partial charge in [0.25, 0.3) is 0 Å². The van der Waals surface area contributed by atoms with Gasteiger partial charge in [-0.3, -0.25) is 0 Å². The molecule has 0 aliphatic heterocycles. The summed E-state index contributed by atoms with van der Waals surface area (Å²) in [5.74, 6) is 1.07. The van der Waals surface area contributed by atoms with Gasteiger partial charge in [-0.15, -0.1) is 0 Å². The monoisotopic (exact) mass is 283 g/mol. The standard InChI is InChI=1S/C19H25NO/c1-2-20-14-18-17-11-7-6-8-15(17)12-13-19(18)21-16-9-4-3-5-10-16/h6-8,11-13,16,20H,2-5,9-10,14H2,1H3. The van der Waals surface area contributed by atoms with Crippen molar-refractivity contribution in [3.8, 4) is 5.75 Å². The lowest BCUT2D eigenvalue weighted by molar-refractivity contribution is 0.153. The van der Waals surface area contributed by atoms with E-state index in [0.29, 0.717) is 6.10 Å². The molecule has 1 N–H and O–H groups in total. The molecule has 2 heteroatoms. The summed E-state index contributed by atoms with van der Waals surface area (Å²) in [4.78, 5) is 0. The number of fused-ring (bicyclic) bond motifs is 1. The quantitative estimate of drug-likeness (QED) is 0.861. The van der Waals surface area contributed by atoms with Crippen LogP contribution >= 0.6 is 0 Å². The molecule has 1 fully saturated rings. The van der Waals surface area contributed by atoms with Crippen LogP contribution in [-0.2, 0) is 6.54 Å². The zero-order chi connectivity index (χ0) is 14.5. The predicted octanol–water partition coefficient (Wildman–Crippen LogP) is 4.66. The van der Waals surface area contributed by atoms with Gasteiger partial charge in [0, 0.05) is 12.1 Å². The third kappa shape index (κ3) is 3.38. The van der Waals surface area contributed by atoms with E-state index < -0.39 is 0 Å². The summed E-state index contributed by atoms with van der Waals surface area (Å²) in [5, 5.41) is 6.06. The smallest absolute Gasteiger partial charge is 0.124 e.